The Kier molecular flexibility index (Phi) is 3.63. The van der Waals surface area contributed by atoms with Crippen LogP contribution in [0.1, 0.15) is 0 Å². The van der Waals surface area contributed by atoms with Gasteiger partial charge in [-0.1, -0.05) is 0 Å². The number of carboxylic acid groups (broad SMARTS) is 1. The first-order valence-electron chi connectivity index (χ1n) is 5.28. The van der Waals surface area contributed by atoms with Gasteiger partial charge < -0.3 is 15.2 Å². The number of hydrogen-bond acceptors (Lipinski definition) is 6. The second-order valence-corrected chi connectivity index (χ2v) is 3.54. The Bertz CT molecular complexity index is 561. The molecule has 2 N–H and O–H groups in total. The molecule has 0 saturated carbocycles. The summed E-state index contributed by atoms with van der Waals surface area (Å²) in [7, 11) is 1.35. The van der Waals surface area contributed by atoms with Gasteiger partial charge in [-0.05, 0) is 12.1 Å². The number of pyridine rings is 1. The van der Waals surface area contributed by atoms with Crippen molar-refractivity contribution in [2.75, 3.05) is 19.0 Å². The monoisotopic (exact) mass is 248 g/mol. The lowest BCUT2D eigenvalue weighted by molar-refractivity contribution is -0.147. The highest BCUT2D eigenvalue weighted by molar-refractivity contribution is 5.74. The van der Waals surface area contributed by atoms with Crippen molar-refractivity contribution in [1.82, 2.24) is 15.0 Å². The fraction of sp³-hybridized carbons (Fsp3) is 0.273. The summed E-state index contributed by atoms with van der Waals surface area (Å²) in [6.07, 6.45) is 2.22. The van der Waals surface area contributed by atoms with E-state index in [9.17, 15) is 4.79 Å². The van der Waals surface area contributed by atoms with Crippen molar-refractivity contribution >= 4 is 23.0 Å². The van der Waals surface area contributed by atoms with Gasteiger partial charge in [0, 0.05) is 19.5 Å². The molecular formula is C11H12N4O3. The number of carboxylic acids is 1. The molecule has 0 aliphatic heterocycles. The first kappa shape index (κ1) is 12.2. The predicted octanol–water partition coefficient (Wildman–Crippen LogP) is 0.536. The summed E-state index contributed by atoms with van der Waals surface area (Å²) in [5.41, 5.74) is 1.19. The Hall–Kier alpha value is -2.28. The highest BCUT2D eigenvalue weighted by Crippen LogP contribution is 2.10. The molecular weight excluding hydrogens is 236 g/mol. The van der Waals surface area contributed by atoms with Gasteiger partial charge in [0.1, 0.15) is 11.3 Å². The number of aliphatic carboxylic acids is 1. The summed E-state index contributed by atoms with van der Waals surface area (Å²) < 4.78 is 4.80. The number of carbonyl (C=O) groups is 1. The lowest BCUT2D eigenvalue weighted by Crippen LogP contribution is -2.30. The molecule has 1 atom stereocenters. The largest absolute Gasteiger partial charge is 0.479 e. The second kappa shape index (κ2) is 5.37. The average Bonchev–Trinajstić information content (AvgIpc) is 2.39. The second-order valence-electron chi connectivity index (χ2n) is 3.54. The highest BCUT2D eigenvalue weighted by Gasteiger charge is 2.15. The van der Waals surface area contributed by atoms with E-state index in [4.69, 9.17) is 9.84 Å². The number of methoxy groups -OCH3 is 1. The molecule has 0 aliphatic carbocycles. The van der Waals surface area contributed by atoms with Crippen molar-refractivity contribution in [2.45, 2.75) is 6.10 Å². The van der Waals surface area contributed by atoms with E-state index in [0.29, 0.717) is 17.0 Å². The minimum absolute atomic E-state index is 0.130. The first-order valence-corrected chi connectivity index (χ1v) is 5.28. The van der Waals surface area contributed by atoms with Crippen LogP contribution in [0.5, 0.6) is 0 Å². The van der Waals surface area contributed by atoms with E-state index < -0.39 is 12.1 Å². The maximum atomic E-state index is 10.8. The fourth-order valence-corrected chi connectivity index (χ4v) is 1.42. The smallest absolute Gasteiger partial charge is 0.334 e. The number of fused-ring (bicyclic) bond motifs is 1. The fourth-order valence-electron chi connectivity index (χ4n) is 1.42. The molecule has 0 aromatic carbocycles. The molecule has 2 rings (SSSR count). The van der Waals surface area contributed by atoms with Crippen LogP contribution in [0.2, 0.25) is 0 Å². The lowest BCUT2D eigenvalue weighted by atomic mass is 10.3. The summed E-state index contributed by atoms with van der Waals surface area (Å²) in [6, 6.07) is 3.48. The van der Waals surface area contributed by atoms with E-state index in [-0.39, 0.29) is 6.54 Å². The Balaban J connectivity index is 2.10. The minimum Gasteiger partial charge on any atom is -0.479 e. The SMILES string of the molecule is COC(CNc1ccc2nccnc2n1)C(=O)O. The zero-order chi connectivity index (χ0) is 13.0. The third-order valence-corrected chi connectivity index (χ3v) is 2.36. The number of nitrogens with one attached hydrogen (secondary N) is 1. The van der Waals surface area contributed by atoms with Crippen molar-refractivity contribution in [3.05, 3.63) is 24.5 Å². The first-order chi connectivity index (χ1) is 8.70. The summed E-state index contributed by atoms with van der Waals surface area (Å²) in [5, 5.41) is 11.7. The molecule has 7 heteroatoms. The Labute approximate surface area is 103 Å². The summed E-state index contributed by atoms with van der Waals surface area (Å²) >= 11 is 0. The summed E-state index contributed by atoms with van der Waals surface area (Å²) in [5.74, 6) is -0.489. The maximum absolute atomic E-state index is 10.8. The number of hydrogen-bond donors (Lipinski definition) is 2. The Morgan fingerprint density at radius 2 is 2.22 bits per heavy atom. The average molecular weight is 248 g/mol. The predicted molar refractivity (Wildman–Crippen MR) is 64.3 cm³/mol. The number of anilines is 1. The van der Waals surface area contributed by atoms with Crippen molar-refractivity contribution in [1.29, 1.82) is 0 Å². The van der Waals surface area contributed by atoms with Crippen LogP contribution in [0.15, 0.2) is 24.5 Å². The third kappa shape index (κ3) is 2.69. The molecule has 7 nitrogen and oxygen atoms in total. The van der Waals surface area contributed by atoms with Crippen molar-refractivity contribution in [3.63, 3.8) is 0 Å². The van der Waals surface area contributed by atoms with Crippen molar-refractivity contribution in [2.24, 2.45) is 0 Å². The van der Waals surface area contributed by atoms with Gasteiger partial charge >= 0.3 is 5.97 Å². The molecule has 0 radical (unpaired) electrons. The molecule has 0 saturated heterocycles. The molecule has 0 bridgehead atoms. The number of aromatic nitrogens is 3. The summed E-state index contributed by atoms with van der Waals surface area (Å²) in [4.78, 5) is 23.1. The van der Waals surface area contributed by atoms with Crippen LogP contribution in [0.4, 0.5) is 5.82 Å². The van der Waals surface area contributed by atoms with E-state index in [1.54, 1.807) is 24.5 Å². The normalized spacial score (nSPS) is 12.3. The van der Waals surface area contributed by atoms with Gasteiger partial charge in [-0.3, -0.25) is 4.98 Å². The molecule has 1 unspecified atom stereocenters. The van der Waals surface area contributed by atoms with Crippen molar-refractivity contribution in [3.8, 4) is 0 Å². The molecule has 0 aliphatic rings. The van der Waals surface area contributed by atoms with Crippen LogP contribution in [-0.4, -0.2) is 45.8 Å². The molecule has 0 fully saturated rings. The van der Waals surface area contributed by atoms with Crippen molar-refractivity contribution < 1.29 is 14.6 Å². The van der Waals surface area contributed by atoms with Gasteiger partial charge in [0.05, 0.1) is 6.54 Å². The van der Waals surface area contributed by atoms with Gasteiger partial charge in [0.15, 0.2) is 11.8 Å². The summed E-state index contributed by atoms with van der Waals surface area (Å²) in [6.45, 7) is 0.130. The van der Waals surface area contributed by atoms with Gasteiger partial charge in [-0.15, -0.1) is 0 Å². The van der Waals surface area contributed by atoms with Gasteiger partial charge in [0.2, 0.25) is 0 Å². The topological polar surface area (TPSA) is 97.2 Å². The number of rotatable bonds is 5. The van der Waals surface area contributed by atoms with E-state index in [1.807, 2.05) is 0 Å². The van der Waals surface area contributed by atoms with Crippen LogP contribution in [-0.2, 0) is 9.53 Å². The lowest BCUT2D eigenvalue weighted by Gasteiger charge is -2.11. The van der Waals surface area contributed by atoms with Gasteiger partial charge in [-0.25, -0.2) is 14.8 Å². The quantitative estimate of drug-likeness (QED) is 0.796. The van der Waals surface area contributed by atoms with E-state index in [1.165, 1.54) is 7.11 Å². The maximum Gasteiger partial charge on any atom is 0.334 e. The molecule has 18 heavy (non-hydrogen) atoms. The molecule has 0 spiro atoms. The van der Waals surface area contributed by atoms with Crippen LogP contribution >= 0.6 is 0 Å². The van der Waals surface area contributed by atoms with E-state index >= 15 is 0 Å². The van der Waals surface area contributed by atoms with Crippen LogP contribution in [0.25, 0.3) is 11.2 Å². The molecule has 2 aromatic heterocycles. The van der Waals surface area contributed by atoms with Gasteiger partial charge in [-0.2, -0.15) is 0 Å². The third-order valence-electron chi connectivity index (χ3n) is 2.36. The number of nitrogens with zero attached hydrogens (tertiary/aromatic N) is 3. The molecule has 2 heterocycles. The van der Waals surface area contributed by atoms with Crippen LogP contribution < -0.4 is 5.32 Å². The number of ether oxygens (including phenoxy) is 1. The van der Waals surface area contributed by atoms with E-state index in [0.717, 1.165) is 0 Å². The molecule has 2 aromatic rings. The van der Waals surface area contributed by atoms with E-state index in [2.05, 4.69) is 20.3 Å². The van der Waals surface area contributed by atoms with Crippen LogP contribution in [0, 0.1) is 0 Å². The highest BCUT2D eigenvalue weighted by atomic mass is 16.5. The molecule has 94 valence electrons. The Morgan fingerprint density at radius 3 is 2.94 bits per heavy atom. The zero-order valence-electron chi connectivity index (χ0n) is 9.70. The van der Waals surface area contributed by atoms with Gasteiger partial charge in [0.25, 0.3) is 0 Å². The van der Waals surface area contributed by atoms with Crippen LogP contribution in [0.3, 0.4) is 0 Å². The zero-order valence-corrected chi connectivity index (χ0v) is 9.70. The molecule has 0 amide bonds. The minimum atomic E-state index is -1.02. The standard InChI is InChI=1S/C11H12N4O3/c1-18-8(11(16)17)6-14-9-3-2-7-10(15-9)13-5-4-12-7/h2-5,8H,6H2,1H3,(H,16,17)(H,13,14,15). The Morgan fingerprint density at radius 1 is 1.44 bits per heavy atom.